The van der Waals surface area contributed by atoms with Crippen LogP contribution in [0.3, 0.4) is 0 Å². The van der Waals surface area contributed by atoms with Crippen molar-refractivity contribution in [2.75, 3.05) is 33.0 Å². The van der Waals surface area contributed by atoms with Crippen LogP contribution < -0.4 is 10.5 Å². The molecule has 2 fully saturated rings. The van der Waals surface area contributed by atoms with Gasteiger partial charge in [0, 0.05) is 24.6 Å². The molecule has 2 aromatic heterocycles. The molecule has 2 aliphatic rings. The lowest BCUT2D eigenvalue weighted by atomic mass is 9.95. The smallest absolute Gasteiger partial charge is 0.469 e. The second-order valence-electron chi connectivity index (χ2n) is 14.7. The zero-order valence-corrected chi connectivity index (χ0v) is 33.9. The molecule has 1 unspecified atom stereocenters. The Balaban J connectivity index is 1.32. The number of nitrogens with two attached hydrogens (primary N) is 1. The second kappa shape index (κ2) is 22.4. The molecule has 0 radical (unpaired) electrons. The molecular formula is C39H60N7O9P. The lowest BCUT2D eigenvalue weighted by Crippen LogP contribution is -2.49. The number of phosphoric ester groups is 1. The van der Waals surface area contributed by atoms with Crippen LogP contribution in [0.5, 0.6) is 5.88 Å². The Morgan fingerprint density at radius 2 is 1.77 bits per heavy atom. The summed E-state index contributed by atoms with van der Waals surface area (Å²) in [7, 11) is -4.73. The van der Waals surface area contributed by atoms with E-state index in [0.717, 1.165) is 25.6 Å². The van der Waals surface area contributed by atoms with Gasteiger partial charge in [-0.2, -0.15) is 5.26 Å². The average Bonchev–Trinajstić information content (AvgIpc) is 3.87. The van der Waals surface area contributed by atoms with E-state index in [1.807, 2.05) is 6.07 Å². The molecule has 2 saturated heterocycles. The second-order valence-corrected chi connectivity index (χ2v) is 16.2. The van der Waals surface area contributed by atoms with Gasteiger partial charge in [0.15, 0.2) is 5.79 Å². The predicted molar refractivity (Wildman–Crippen MR) is 212 cm³/mol. The molecule has 0 bridgehead atoms. The van der Waals surface area contributed by atoms with Crippen LogP contribution in [-0.4, -0.2) is 96.4 Å². The van der Waals surface area contributed by atoms with E-state index in [9.17, 15) is 9.46 Å². The lowest BCUT2D eigenvalue weighted by Gasteiger charge is -2.33. The van der Waals surface area contributed by atoms with Crippen molar-refractivity contribution in [3.63, 3.8) is 0 Å². The molecule has 4 rings (SSSR count). The summed E-state index contributed by atoms with van der Waals surface area (Å²) in [6.45, 7) is 9.06. The molecule has 2 aromatic rings. The number of pyridine rings is 1. The largest absolute Gasteiger partial charge is 0.472 e. The number of phosphoric acid groups is 1. The van der Waals surface area contributed by atoms with Crippen molar-refractivity contribution in [2.45, 2.75) is 134 Å². The maximum atomic E-state index is 13.4. The van der Waals surface area contributed by atoms with Crippen molar-refractivity contribution in [1.82, 2.24) is 9.97 Å². The van der Waals surface area contributed by atoms with Crippen LogP contribution in [-0.2, 0) is 32.6 Å². The van der Waals surface area contributed by atoms with Gasteiger partial charge in [-0.25, -0.2) is 14.5 Å². The number of nitriles is 1. The third-order valence-corrected chi connectivity index (χ3v) is 10.6. The molecule has 310 valence electrons. The summed E-state index contributed by atoms with van der Waals surface area (Å²) in [6.07, 6.45) is 14.0. The minimum atomic E-state index is -4.73. The molecule has 0 saturated carbocycles. The van der Waals surface area contributed by atoms with Crippen LogP contribution in [0.2, 0.25) is 0 Å². The number of amidine groups is 1. The van der Waals surface area contributed by atoms with E-state index in [-0.39, 0.29) is 31.5 Å². The van der Waals surface area contributed by atoms with Gasteiger partial charge in [0.1, 0.15) is 48.3 Å². The highest BCUT2D eigenvalue weighted by Crippen LogP contribution is 2.52. The fourth-order valence-corrected chi connectivity index (χ4v) is 7.67. The van der Waals surface area contributed by atoms with Crippen LogP contribution in [0.25, 0.3) is 0 Å². The monoisotopic (exact) mass is 801 g/mol. The Bertz CT molecular complexity index is 1630. The van der Waals surface area contributed by atoms with Crippen molar-refractivity contribution >= 4 is 26.7 Å². The molecule has 0 spiro atoms. The average molecular weight is 802 g/mol. The highest BCUT2D eigenvalue weighted by molar-refractivity contribution is 7.47. The summed E-state index contributed by atoms with van der Waals surface area (Å²) in [5, 5.41) is 16.4. The fourth-order valence-electron chi connectivity index (χ4n) is 6.86. The van der Waals surface area contributed by atoms with Crippen molar-refractivity contribution < 1.29 is 42.2 Å². The van der Waals surface area contributed by atoms with Crippen molar-refractivity contribution in [2.24, 2.45) is 15.7 Å². The van der Waals surface area contributed by atoms with Gasteiger partial charge in [-0.05, 0) is 45.2 Å². The highest BCUT2D eigenvalue weighted by Gasteiger charge is 2.64. The van der Waals surface area contributed by atoms with Crippen LogP contribution in [0.15, 0.2) is 40.4 Å². The first-order valence-corrected chi connectivity index (χ1v) is 21.1. The number of aromatic amines is 1. The van der Waals surface area contributed by atoms with E-state index in [1.165, 1.54) is 70.1 Å². The third kappa shape index (κ3) is 13.8. The number of H-pyrrole nitrogens is 1. The van der Waals surface area contributed by atoms with E-state index < -0.39 is 50.2 Å². The number of hydrogen-bond acceptors (Lipinski definition) is 12. The van der Waals surface area contributed by atoms with E-state index in [4.69, 9.17) is 49.1 Å². The van der Waals surface area contributed by atoms with E-state index in [1.54, 1.807) is 32.0 Å². The molecular weight excluding hydrogens is 741 g/mol. The fraction of sp³-hybridized carbons (Fsp3) is 0.667. The third-order valence-electron chi connectivity index (χ3n) is 9.68. The van der Waals surface area contributed by atoms with Gasteiger partial charge in [-0.3, -0.25) is 19.4 Å². The lowest BCUT2D eigenvalue weighted by molar-refractivity contribution is -0.214. The van der Waals surface area contributed by atoms with Crippen LogP contribution in [0, 0.1) is 16.7 Å². The SMILES string of the molecule is C=NC[C@]1(COP(=O)(O)OC[C@@H](COCCCCCCCCCCCCCC)Oc2ccc(C#N)cn2)O[C@@H](c2ccc(C(N)=NC=N)[nH]2)[C@@H]2OC(C)(C)O[C@@H]21. The molecule has 4 heterocycles. The van der Waals surface area contributed by atoms with Gasteiger partial charge >= 0.3 is 7.82 Å². The minimum absolute atomic E-state index is 0.0574. The normalized spacial score (nSPS) is 23.3. The van der Waals surface area contributed by atoms with Gasteiger partial charge in [0.25, 0.3) is 0 Å². The zero-order chi connectivity index (χ0) is 40.4. The molecule has 0 amide bonds. The van der Waals surface area contributed by atoms with E-state index >= 15 is 0 Å². The highest BCUT2D eigenvalue weighted by atomic mass is 31.2. The number of rotatable bonds is 28. The van der Waals surface area contributed by atoms with Gasteiger partial charge < -0.3 is 39.3 Å². The number of ether oxygens (including phenoxy) is 5. The molecule has 0 aromatic carbocycles. The Kier molecular flexibility index (Phi) is 18.1. The summed E-state index contributed by atoms with van der Waals surface area (Å²) in [5.74, 6) is -0.708. The standard InChI is InChI=1S/C39H60N7O9P/c1-5-6-7-8-9-10-11-12-13-14-15-16-21-49-24-30(52-33-20-17-29(22-40)23-44-33)25-50-56(47,48)51-27-39(26-43-4)36-35(53-38(2,3)55-36)34(54-39)31-18-19-32(46-31)37(42)45-28-41/h17-20,23,28,30,34-36,46H,4-16,21,24-27H2,1-3H3,(H,47,48)(H3,41,42,45)/t30-,34+,35+,36+,39-/m1/s1. The Labute approximate surface area is 330 Å². The number of fused-ring (bicyclic) bond motifs is 1. The Morgan fingerprint density at radius 3 is 2.39 bits per heavy atom. The number of unbranched alkanes of at least 4 members (excludes halogenated alkanes) is 11. The van der Waals surface area contributed by atoms with Crippen LogP contribution in [0.1, 0.15) is 121 Å². The van der Waals surface area contributed by atoms with Gasteiger partial charge in [-0.15, -0.1) is 0 Å². The van der Waals surface area contributed by atoms with Gasteiger partial charge in [-0.1, -0.05) is 77.6 Å². The molecule has 5 N–H and O–H groups in total. The molecule has 56 heavy (non-hydrogen) atoms. The Morgan fingerprint density at radius 1 is 1.07 bits per heavy atom. The first-order valence-electron chi connectivity index (χ1n) is 19.6. The van der Waals surface area contributed by atoms with E-state index in [2.05, 4.69) is 33.6 Å². The van der Waals surface area contributed by atoms with Crippen molar-refractivity contribution in [3.05, 3.63) is 47.4 Å². The molecule has 16 nitrogen and oxygen atoms in total. The first kappa shape index (κ1) is 45.2. The maximum absolute atomic E-state index is 13.4. The summed E-state index contributed by atoms with van der Waals surface area (Å²) < 4.78 is 55.3. The van der Waals surface area contributed by atoms with Gasteiger partial charge in [0.2, 0.25) is 5.88 Å². The molecule has 17 heteroatoms. The van der Waals surface area contributed by atoms with Crippen molar-refractivity contribution in [1.29, 1.82) is 10.7 Å². The molecule has 6 atom stereocenters. The maximum Gasteiger partial charge on any atom is 0.472 e. The van der Waals surface area contributed by atoms with E-state index in [0.29, 0.717) is 23.6 Å². The summed E-state index contributed by atoms with van der Waals surface area (Å²) in [6, 6.07) is 8.56. The summed E-state index contributed by atoms with van der Waals surface area (Å²) >= 11 is 0. The van der Waals surface area contributed by atoms with Crippen LogP contribution >= 0.6 is 7.82 Å². The number of aliphatic imine (C=N–C) groups is 2. The molecule has 0 aliphatic carbocycles. The van der Waals surface area contributed by atoms with Crippen LogP contribution in [0.4, 0.5) is 0 Å². The number of aromatic nitrogens is 2. The predicted octanol–water partition coefficient (Wildman–Crippen LogP) is 6.92. The summed E-state index contributed by atoms with van der Waals surface area (Å²) in [5.41, 5.74) is 5.98. The Hall–Kier alpha value is -3.52. The minimum Gasteiger partial charge on any atom is -0.469 e. The number of hydrogen-bond donors (Lipinski definition) is 4. The number of nitrogens with zero attached hydrogens (tertiary/aromatic N) is 4. The number of nitrogens with one attached hydrogen (secondary N) is 2. The first-order chi connectivity index (χ1) is 26.9. The molecule has 2 aliphatic heterocycles. The zero-order valence-electron chi connectivity index (χ0n) is 33.0. The quantitative estimate of drug-likeness (QED) is 0.0297. The topological polar surface area (TPSA) is 229 Å². The van der Waals surface area contributed by atoms with Crippen molar-refractivity contribution in [3.8, 4) is 11.9 Å². The summed E-state index contributed by atoms with van der Waals surface area (Å²) in [4.78, 5) is 26.1. The van der Waals surface area contributed by atoms with Gasteiger partial charge in [0.05, 0.1) is 37.6 Å².